The van der Waals surface area contributed by atoms with Crippen molar-refractivity contribution in [2.24, 2.45) is 5.92 Å². The Hall–Kier alpha value is -0.0800. The third-order valence-corrected chi connectivity index (χ3v) is 3.35. The first-order valence-electron chi connectivity index (χ1n) is 6.04. The highest BCUT2D eigenvalue weighted by Gasteiger charge is 2.21. The van der Waals surface area contributed by atoms with Crippen molar-refractivity contribution in [3.05, 3.63) is 0 Å². The number of piperidine rings is 1. The molecule has 0 saturated carbocycles. The molecule has 0 amide bonds. The van der Waals surface area contributed by atoms with Gasteiger partial charge in [-0.2, -0.15) is 0 Å². The standard InChI is InChI=1S/C12H26N2/c1-10(2)8-11(3)14(4)12-6-5-7-13-9-12/h10-13H,5-9H2,1-4H3. The van der Waals surface area contributed by atoms with Crippen LogP contribution < -0.4 is 5.32 Å². The second kappa shape index (κ2) is 5.72. The van der Waals surface area contributed by atoms with Crippen LogP contribution in [-0.4, -0.2) is 37.1 Å². The molecule has 1 aliphatic rings. The van der Waals surface area contributed by atoms with Gasteiger partial charge in [-0.05, 0) is 45.7 Å². The van der Waals surface area contributed by atoms with Crippen LogP contribution in [0.5, 0.6) is 0 Å². The van der Waals surface area contributed by atoms with Crippen molar-refractivity contribution in [1.82, 2.24) is 10.2 Å². The lowest BCUT2D eigenvalue weighted by molar-refractivity contribution is 0.141. The summed E-state index contributed by atoms with van der Waals surface area (Å²) in [6.07, 6.45) is 4.02. The maximum Gasteiger partial charge on any atom is 0.0220 e. The zero-order valence-electron chi connectivity index (χ0n) is 10.2. The Morgan fingerprint density at radius 1 is 1.36 bits per heavy atom. The highest BCUT2D eigenvalue weighted by atomic mass is 15.2. The average molecular weight is 198 g/mol. The van der Waals surface area contributed by atoms with Crippen molar-refractivity contribution >= 4 is 0 Å². The van der Waals surface area contributed by atoms with Gasteiger partial charge >= 0.3 is 0 Å². The highest BCUT2D eigenvalue weighted by Crippen LogP contribution is 2.16. The first kappa shape index (κ1) is 12.0. The first-order valence-corrected chi connectivity index (χ1v) is 6.04. The molecule has 2 atom stereocenters. The molecular weight excluding hydrogens is 172 g/mol. The third kappa shape index (κ3) is 3.58. The summed E-state index contributed by atoms with van der Waals surface area (Å²) < 4.78 is 0. The van der Waals surface area contributed by atoms with Crippen molar-refractivity contribution in [3.63, 3.8) is 0 Å². The molecule has 1 aliphatic heterocycles. The van der Waals surface area contributed by atoms with E-state index in [4.69, 9.17) is 0 Å². The Bertz CT molecular complexity index is 150. The summed E-state index contributed by atoms with van der Waals surface area (Å²) in [7, 11) is 2.28. The van der Waals surface area contributed by atoms with Crippen LogP contribution in [-0.2, 0) is 0 Å². The predicted octanol–water partition coefficient (Wildman–Crippen LogP) is 2.10. The summed E-state index contributed by atoms with van der Waals surface area (Å²) in [6, 6.07) is 1.48. The van der Waals surface area contributed by atoms with Gasteiger partial charge in [0.1, 0.15) is 0 Å². The van der Waals surface area contributed by atoms with Crippen LogP contribution in [0.15, 0.2) is 0 Å². The minimum absolute atomic E-state index is 0.722. The van der Waals surface area contributed by atoms with E-state index >= 15 is 0 Å². The maximum atomic E-state index is 3.48. The van der Waals surface area contributed by atoms with Gasteiger partial charge in [-0.25, -0.2) is 0 Å². The van der Waals surface area contributed by atoms with E-state index in [1.54, 1.807) is 0 Å². The van der Waals surface area contributed by atoms with Crippen LogP contribution >= 0.6 is 0 Å². The molecule has 0 radical (unpaired) electrons. The topological polar surface area (TPSA) is 15.3 Å². The monoisotopic (exact) mass is 198 g/mol. The van der Waals surface area contributed by atoms with Gasteiger partial charge in [-0.15, -0.1) is 0 Å². The van der Waals surface area contributed by atoms with E-state index in [0.717, 1.165) is 18.0 Å². The Balaban J connectivity index is 2.33. The largest absolute Gasteiger partial charge is 0.315 e. The van der Waals surface area contributed by atoms with Crippen molar-refractivity contribution in [1.29, 1.82) is 0 Å². The normalized spacial score (nSPS) is 25.7. The lowest BCUT2D eigenvalue weighted by atomic mass is 10.00. The molecule has 1 heterocycles. The number of likely N-dealkylation sites (N-methyl/N-ethyl adjacent to an activating group) is 1. The van der Waals surface area contributed by atoms with E-state index in [1.807, 2.05) is 0 Å². The van der Waals surface area contributed by atoms with Gasteiger partial charge in [0.2, 0.25) is 0 Å². The second-order valence-electron chi connectivity index (χ2n) is 5.14. The van der Waals surface area contributed by atoms with Gasteiger partial charge in [-0.3, -0.25) is 4.90 Å². The van der Waals surface area contributed by atoms with Crippen LogP contribution in [0.4, 0.5) is 0 Å². The molecule has 1 N–H and O–H groups in total. The van der Waals surface area contributed by atoms with E-state index in [0.29, 0.717) is 0 Å². The molecule has 2 nitrogen and oxygen atoms in total. The van der Waals surface area contributed by atoms with Crippen LogP contribution in [0.1, 0.15) is 40.0 Å². The van der Waals surface area contributed by atoms with Gasteiger partial charge in [0.25, 0.3) is 0 Å². The molecule has 2 heteroatoms. The minimum atomic E-state index is 0.722. The molecule has 1 fully saturated rings. The molecule has 0 bridgehead atoms. The highest BCUT2D eigenvalue weighted by molar-refractivity contribution is 4.79. The summed E-state index contributed by atoms with van der Waals surface area (Å²) in [5, 5.41) is 3.48. The number of hydrogen-bond donors (Lipinski definition) is 1. The SMILES string of the molecule is CC(C)CC(C)N(C)C1CCCNC1. The molecule has 0 aromatic heterocycles. The summed E-state index contributed by atoms with van der Waals surface area (Å²) in [5.41, 5.74) is 0. The molecule has 14 heavy (non-hydrogen) atoms. The van der Waals surface area contributed by atoms with Crippen LogP contribution in [0, 0.1) is 5.92 Å². The van der Waals surface area contributed by atoms with Crippen LogP contribution in [0.25, 0.3) is 0 Å². The van der Waals surface area contributed by atoms with E-state index < -0.39 is 0 Å². The van der Waals surface area contributed by atoms with E-state index in [-0.39, 0.29) is 0 Å². The van der Waals surface area contributed by atoms with Crippen molar-refractivity contribution < 1.29 is 0 Å². The number of hydrogen-bond acceptors (Lipinski definition) is 2. The summed E-state index contributed by atoms with van der Waals surface area (Å²) in [6.45, 7) is 9.36. The molecule has 2 unspecified atom stereocenters. The van der Waals surface area contributed by atoms with E-state index in [2.05, 4.69) is 38.0 Å². The lowest BCUT2D eigenvalue weighted by Gasteiger charge is -2.36. The maximum absolute atomic E-state index is 3.48. The van der Waals surface area contributed by atoms with Crippen molar-refractivity contribution in [3.8, 4) is 0 Å². The Labute approximate surface area is 89.1 Å². The molecular formula is C12H26N2. The quantitative estimate of drug-likeness (QED) is 0.744. The fraction of sp³-hybridized carbons (Fsp3) is 1.00. The third-order valence-electron chi connectivity index (χ3n) is 3.35. The fourth-order valence-electron chi connectivity index (χ4n) is 2.39. The predicted molar refractivity (Wildman–Crippen MR) is 62.6 cm³/mol. The van der Waals surface area contributed by atoms with Crippen LogP contribution in [0.3, 0.4) is 0 Å². The summed E-state index contributed by atoms with van der Waals surface area (Å²) in [5.74, 6) is 0.809. The molecule has 0 aromatic rings. The summed E-state index contributed by atoms with van der Waals surface area (Å²) in [4.78, 5) is 2.56. The minimum Gasteiger partial charge on any atom is -0.315 e. The first-order chi connectivity index (χ1) is 6.61. The number of nitrogens with zero attached hydrogens (tertiary/aromatic N) is 1. The zero-order valence-corrected chi connectivity index (χ0v) is 10.2. The smallest absolute Gasteiger partial charge is 0.0220 e. The number of nitrogens with one attached hydrogen (secondary N) is 1. The molecule has 1 saturated heterocycles. The molecule has 0 aromatic carbocycles. The van der Waals surface area contributed by atoms with Gasteiger partial charge in [-0.1, -0.05) is 13.8 Å². The molecule has 84 valence electrons. The van der Waals surface area contributed by atoms with E-state index in [9.17, 15) is 0 Å². The average Bonchev–Trinajstić information content (AvgIpc) is 2.17. The molecule has 0 aliphatic carbocycles. The molecule has 1 rings (SSSR count). The second-order valence-corrected chi connectivity index (χ2v) is 5.14. The lowest BCUT2D eigenvalue weighted by Crippen LogP contribution is -2.47. The van der Waals surface area contributed by atoms with Gasteiger partial charge in [0.15, 0.2) is 0 Å². The van der Waals surface area contributed by atoms with Crippen molar-refractivity contribution in [2.75, 3.05) is 20.1 Å². The molecule has 0 spiro atoms. The van der Waals surface area contributed by atoms with Gasteiger partial charge in [0, 0.05) is 18.6 Å². The van der Waals surface area contributed by atoms with Crippen molar-refractivity contribution in [2.45, 2.75) is 52.1 Å². The van der Waals surface area contributed by atoms with Crippen LogP contribution in [0.2, 0.25) is 0 Å². The zero-order chi connectivity index (χ0) is 10.6. The van der Waals surface area contributed by atoms with E-state index in [1.165, 1.54) is 32.4 Å². The summed E-state index contributed by atoms with van der Waals surface area (Å²) >= 11 is 0. The fourth-order valence-corrected chi connectivity index (χ4v) is 2.39. The Morgan fingerprint density at radius 3 is 2.57 bits per heavy atom. The Kier molecular flexibility index (Phi) is 4.90. The number of rotatable bonds is 4. The van der Waals surface area contributed by atoms with Gasteiger partial charge in [0.05, 0.1) is 0 Å². The van der Waals surface area contributed by atoms with Gasteiger partial charge < -0.3 is 5.32 Å². The Morgan fingerprint density at radius 2 is 2.07 bits per heavy atom.